The monoisotopic (exact) mass is 216 g/mol. The van der Waals surface area contributed by atoms with Crippen LogP contribution in [0.3, 0.4) is 0 Å². The number of ether oxygens (including phenoxy) is 2. The molecule has 2 unspecified atom stereocenters. The van der Waals surface area contributed by atoms with Crippen molar-refractivity contribution in [1.82, 2.24) is 5.32 Å². The first kappa shape index (κ1) is 12.9. The van der Waals surface area contributed by atoms with Crippen LogP contribution in [-0.2, 0) is 9.47 Å². The van der Waals surface area contributed by atoms with Gasteiger partial charge in [0.2, 0.25) is 0 Å². The summed E-state index contributed by atoms with van der Waals surface area (Å²) >= 11 is 0. The van der Waals surface area contributed by atoms with Crippen molar-refractivity contribution in [2.45, 2.75) is 25.3 Å². The lowest BCUT2D eigenvalue weighted by atomic mass is 10.1. The molecular formula is C11H24N2O2. The van der Waals surface area contributed by atoms with E-state index in [1.807, 2.05) is 0 Å². The smallest absolute Gasteiger partial charge is 0.0615 e. The van der Waals surface area contributed by atoms with Crippen molar-refractivity contribution in [3.63, 3.8) is 0 Å². The van der Waals surface area contributed by atoms with E-state index >= 15 is 0 Å². The van der Waals surface area contributed by atoms with E-state index in [2.05, 4.69) is 5.32 Å². The topological polar surface area (TPSA) is 56.5 Å². The van der Waals surface area contributed by atoms with Crippen LogP contribution >= 0.6 is 0 Å². The summed E-state index contributed by atoms with van der Waals surface area (Å²) in [5, 5.41) is 3.54. The predicted molar refractivity (Wildman–Crippen MR) is 60.9 cm³/mol. The Morgan fingerprint density at radius 2 is 2.47 bits per heavy atom. The van der Waals surface area contributed by atoms with Crippen LogP contribution in [0.15, 0.2) is 0 Å². The fourth-order valence-corrected chi connectivity index (χ4v) is 1.89. The summed E-state index contributed by atoms with van der Waals surface area (Å²) in [4.78, 5) is 0. The second-order valence-electron chi connectivity index (χ2n) is 4.22. The summed E-state index contributed by atoms with van der Waals surface area (Å²) < 4.78 is 10.5. The first-order chi connectivity index (χ1) is 7.36. The van der Waals surface area contributed by atoms with Gasteiger partial charge in [-0.2, -0.15) is 0 Å². The van der Waals surface area contributed by atoms with Gasteiger partial charge >= 0.3 is 0 Å². The summed E-state index contributed by atoms with van der Waals surface area (Å²) in [5.74, 6) is 0.683. The molecule has 90 valence electrons. The fourth-order valence-electron chi connectivity index (χ4n) is 1.89. The lowest BCUT2D eigenvalue weighted by molar-refractivity contribution is 0.155. The quantitative estimate of drug-likeness (QED) is 0.615. The Bertz CT molecular complexity index is 150. The molecule has 1 heterocycles. The largest absolute Gasteiger partial charge is 0.383 e. The van der Waals surface area contributed by atoms with Crippen LogP contribution in [0.2, 0.25) is 0 Å². The maximum atomic E-state index is 5.50. The molecule has 15 heavy (non-hydrogen) atoms. The number of nitrogens with two attached hydrogens (primary N) is 1. The highest BCUT2D eigenvalue weighted by Crippen LogP contribution is 2.11. The van der Waals surface area contributed by atoms with Crippen molar-refractivity contribution in [3.05, 3.63) is 0 Å². The van der Waals surface area contributed by atoms with Crippen LogP contribution in [-0.4, -0.2) is 46.1 Å². The van der Waals surface area contributed by atoms with Gasteiger partial charge in [0, 0.05) is 26.3 Å². The zero-order chi connectivity index (χ0) is 10.9. The third-order valence-corrected chi connectivity index (χ3v) is 2.84. The Hall–Kier alpha value is -0.160. The first-order valence-corrected chi connectivity index (χ1v) is 5.87. The molecule has 0 aromatic carbocycles. The molecule has 0 bridgehead atoms. The molecule has 0 aromatic rings. The number of nitrogens with one attached hydrogen (secondary N) is 1. The van der Waals surface area contributed by atoms with Gasteiger partial charge in [0.15, 0.2) is 0 Å². The zero-order valence-corrected chi connectivity index (χ0v) is 9.71. The molecule has 4 heteroatoms. The minimum atomic E-state index is 0.444. The molecule has 2 atom stereocenters. The number of hydrogen-bond acceptors (Lipinski definition) is 4. The zero-order valence-electron chi connectivity index (χ0n) is 9.71. The standard InChI is InChI=1S/C11H24N2O2/c1-14-9-11(3-2-5-12)13-7-10-4-6-15-8-10/h10-11,13H,2-9,12H2,1H3. The third-order valence-electron chi connectivity index (χ3n) is 2.84. The molecule has 1 saturated heterocycles. The van der Waals surface area contributed by atoms with Gasteiger partial charge in [-0.05, 0) is 31.7 Å². The third kappa shape index (κ3) is 5.47. The summed E-state index contributed by atoms with van der Waals surface area (Å²) in [5.41, 5.74) is 5.50. The maximum Gasteiger partial charge on any atom is 0.0615 e. The van der Waals surface area contributed by atoms with Crippen LogP contribution in [0, 0.1) is 5.92 Å². The molecule has 1 aliphatic heterocycles. The minimum Gasteiger partial charge on any atom is -0.383 e. The Balaban J connectivity index is 2.11. The van der Waals surface area contributed by atoms with E-state index in [0.717, 1.165) is 45.8 Å². The highest BCUT2D eigenvalue weighted by atomic mass is 16.5. The second-order valence-corrected chi connectivity index (χ2v) is 4.22. The molecule has 1 rings (SSSR count). The van der Waals surface area contributed by atoms with E-state index in [1.165, 1.54) is 6.42 Å². The highest BCUT2D eigenvalue weighted by Gasteiger charge is 2.17. The van der Waals surface area contributed by atoms with Gasteiger partial charge in [-0.15, -0.1) is 0 Å². The Morgan fingerprint density at radius 3 is 3.07 bits per heavy atom. The van der Waals surface area contributed by atoms with E-state index in [1.54, 1.807) is 7.11 Å². The molecule has 1 aliphatic rings. The van der Waals surface area contributed by atoms with Crippen molar-refractivity contribution in [2.75, 3.05) is 40.0 Å². The van der Waals surface area contributed by atoms with Crippen LogP contribution in [0.4, 0.5) is 0 Å². The van der Waals surface area contributed by atoms with E-state index in [-0.39, 0.29) is 0 Å². The number of hydrogen-bond donors (Lipinski definition) is 2. The molecule has 3 N–H and O–H groups in total. The predicted octanol–water partition coefficient (Wildman–Crippen LogP) is 0.366. The average Bonchev–Trinajstić information content (AvgIpc) is 2.75. The number of methoxy groups -OCH3 is 1. The van der Waals surface area contributed by atoms with Crippen molar-refractivity contribution in [1.29, 1.82) is 0 Å². The van der Waals surface area contributed by atoms with Gasteiger partial charge in [0.1, 0.15) is 0 Å². The molecule has 0 radical (unpaired) electrons. The van der Waals surface area contributed by atoms with Gasteiger partial charge in [-0.3, -0.25) is 0 Å². The first-order valence-electron chi connectivity index (χ1n) is 5.87. The second kappa shape index (κ2) is 8.05. The van der Waals surface area contributed by atoms with Crippen LogP contribution in [0.25, 0.3) is 0 Å². The van der Waals surface area contributed by atoms with Crippen molar-refractivity contribution < 1.29 is 9.47 Å². The van der Waals surface area contributed by atoms with E-state index in [9.17, 15) is 0 Å². The molecule has 0 saturated carbocycles. The summed E-state index contributed by atoms with van der Waals surface area (Å²) in [6.45, 7) is 4.40. The SMILES string of the molecule is COCC(CCCN)NCC1CCOC1. The molecule has 0 spiro atoms. The van der Waals surface area contributed by atoms with Crippen molar-refractivity contribution >= 4 is 0 Å². The van der Waals surface area contributed by atoms with Crippen molar-refractivity contribution in [2.24, 2.45) is 11.7 Å². The lowest BCUT2D eigenvalue weighted by Crippen LogP contribution is -2.37. The van der Waals surface area contributed by atoms with Crippen LogP contribution in [0.5, 0.6) is 0 Å². The Kier molecular flexibility index (Phi) is 6.92. The number of rotatable bonds is 8. The van der Waals surface area contributed by atoms with E-state index in [4.69, 9.17) is 15.2 Å². The van der Waals surface area contributed by atoms with Gasteiger partial charge < -0.3 is 20.5 Å². The normalized spacial score (nSPS) is 23.2. The molecule has 1 fully saturated rings. The Labute approximate surface area is 92.5 Å². The summed E-state index contributed by atoms with van der Waals surface area (Å²) in [6, 6.07) is 0.444. The van der Waals surface area contributed by atoms with Crippen LogP contribution < -0.4 is 11.1 Å². The summed E-state index contributed by atoms with van der Waals surface area (Å²) in [7, 11) is 1.75. The van der Waals surface area contributed by atoms with Gasteiger partial charge in [-0.25, -0.2) is 0 Å². The fraction of sp³-hybridized carbons (Fsp3) is 1.00. The lowest BCUT2D eigenvalue weighted by Gasteiger charge is -2.19. The van der Waals surface area contributed by atoms with Crippen LogP contribution in [0.1, 0.15) is 19.3 Å². The minimum absolute atomic E-state index is 0.444. The van der Waals surface area contributed by atoms with E-state index in [0.29, 0.717) is 12.0 Å². The van der Waals surface area contributed by atoms with Gasteiger partial charge in [0.05, 0.1) is 13.2 Å². The summed E-state index contributed by atoms with van der Waals surface area (Å²) in [6.07, 6.45) is 3.34. The van der Waals surface area contributed by atoms with Gasteiger partial charge in [0.25, 0.3) is 0 Å². The molecule has 0 amide bonds. The maximum absolute atomic E-state index is 5.50. The molecular weight excluding hydrogens is 192 g/mol. The Morgan fingerprint density at radius 1 is 1.60 bits per heavy atom. The average molecular weight is 216 g/mol. The van der Waals surface area contributed by atoms with Gasteiger partial charge in [-0.1, -0.05) is 0 Å². The highest BCUT2D eigenvalue weighted by molar-refractivity contribution is 4.72. The molecule has 0 aliphatic carbocycles. The van der Waals surface area contributed by atoms with Crippen molar-refractivity contribution in [3.8, 4) is 0 Å². The molecule has 0 aromatic heterocycles. The molecule has 4 nitrogen and oxygen atoms in total. The van der Waals surface area contributed by atoms with E-state index < -0.39 is 0 Å².